The highest BCUT2D eigenvalue weighted by molar-refractivity contribution is 5.81. The Kier molecular flexibility index (Phi) is 6.63. The Hall–Kier alpha value is -2.89. The van der Waals surface area contributed by atoms with Gasteiger partial charge in [-0.3, -0.25) is 4.79 Å². The van der Waals surface area contributed by atoms with Crippen molar-refractivity contribution < 1.29 is 4.79 Å². The molecule has 2 aromatic heterocycles. The van der Waals surface area contributed by atoms with Crippen LogP contribution in [0.15, 0.2) is 42.7 Å². The zero-order valence-electron chi connectivity index (χ0n) is 16.7. The average molecular weight is 380 g/mol. The Morgan fingerprint density at radius 1 is 1.14 bits per heavy atom. The number of carbonyl (C=O) groups excluding carboxylic acids is 1. The molecule has 1 aromatic carbocycles. The third-order valence-corrected chi connectivity index (χ3v) is 5.01. The monoisotopic (exact) mass is 379 g/mol. The number of carbonyl (C=O) groups is 1. The first-order chi connectivity index (χ1) is 13.6. The van der Waals surface area contributed by atoms with Crippen molar-refractivity contribution in [1.82, 2.24) is 20.1 Å². The van der Waals surface area contributed by atoms with E-state index in [1.165, 1.54) is 5.56 Å². The number of nitrogens with one attached hydrogen (secondary N) is 1. The van der Waals surface area contributed by atoms with Crippen molar-refractivity contribution in [1.29, 1.82) is 0 Å². The number of pyridine rings is 1. The lowest BCUT2D eigenvalue weighted by Crippen LogP contribution is -2.32. The molecule has 0 fully saturated rings. The Morgan fingerprint density at radius 3 is 2.61 bits per heavy atom. The number of hydrogen-bond acceptors (Lipinski definition) is 4. The number of nitrogens with zero attached hydrogens (tertiary/aromatic N) is 3. The standard InChI is InChI=1S/C22H29N5O/c1-3-5-17(6-4-2)22(28)24-12-11-16-7-9-20-18(13-16)14-26-27(20)19-8-10-21(23)25-15-19/h7-10,13-15,17H,3-6,11-12H2,1-2H3,(H2,23,25)(H,24,28). The zero-order valence-corrected chi connectivity index (χ0v) is 16.7. The largest absolute Gasteiger partial charge is 0.384 e. The number of benzene rings is 1. The van der Waals surface area contributed by atoms with Crippen molar-refractivity contribution in [2.75, 3.05) is 12.3 Å². The van der Waals surface area contributed by atoms with Crippen LogP contribution in [0.4, 0.5) is 5.82 Å². The highest BCUT2D eigenvalue weighted by Gasteiger charge is 2.15. The van der Waals surface area contributed by atoms with Crippen LogP contribution in [-0.2, 0) is 11.2 Å². The Balaban J connectivity index is 1.64. The summed E-state index contributed by atoms with van der Waals surface area (Å²) in [4.78, 5) is 16.5. The van der Waals surface area contributed by atoms with Crippen LogP contribution in [0.3, 0.4) is 0 Å². The Bertz CT molecular complexity index is 910. The molecule has 0 bridgehead atoms. The minimum absolute atomic E-state index is 0.143. The third kappa shape index (κ3) is 4.68. The molecule has 6 heteroatoms. The molecule has 3 aromatic rings. The molecule has 0 aliphatic rings. The number of hydrogen-bond donors (Lipinski definition) is 2. The summed E-state index contributed by atoms with van der Waals surface area (Å²) in [5, 5.41) is 8.65. The van der Waals surface area contributed by atoms with E-state index in [0.29, 0.717) is 12.4 Å². The molecule has 0 saturated carbocycles. The van der Waals surface area contributed by atoms with Crippen molar-refractivity contribution in [2.24, 2.45) is 5.92 Å². The molecule has 3 rings (SSSR count). The second-order valence-corrected chi connectivity index (χ2v) is 7.21. The quantitative estimate of drug-likeness (QED) is 0.591. The Morgan fingerprint density at radius 2 is 1.93 bits per heavy atom. The summed E-state index contributed by atoms with van der Waals surface area (Å²) in [6, 6.07) is 9.95. The van der Waals surface area contributed by atoms with E-state index in [0.717, 1.165) is 48.7 Å². The molecule has 0 atom stereocenters. The molecule has 0 radical (unpaired) electrons. The molecule has 1 amide bonds. The number of fused-ring (bicyclic) bond motifs is 1. The lowest BCUT2D eigenvalue weighted by atomic mass is 9.97. The minimum Gasteiger partial charge on any atom is -0.384 e. The van der Waals surface area contributed by atoms with Crippen LogP contribution in [-0.4, -0.2) is 27.2 Å². The topological polar surface area (TPSA) is 85.8 Å². The fourth-order valence-corrected chi connectivity index (χ4v) is 3.54. The fourth-order valence-electron chi connectivity index (χ4n) is 3.54. The lowest BCUT2D eigenvalue weighted by molar-refractivity contribution is -0.125. The number of nitrogens with two attached hydrogens (primary N) is 1. The molecule has 0 aliphatic heterocycles. The second-order valence-electron chi connectivity index (χ2n) is 7.21. The van der Waals surface area contributed by atoms with Crippen LogP contribution in [0.2, 0.25) is 0 Å². The highest BCUT2D eigenvalue weighted by Crippen LogP contribution is 2.20. The van der Waals surface area contributed by atoms with Crippen LogP contribution in [0, 0.1) is 5.92 Å². The average Bonchev–Trinajstić information content (AvgIpc) is 3.11. The summed E-state index contributed by atoms with van der Waals surface area (Å²) < 4.78 is 1.85. The molecule has 28 heavy (non-hydrogen) atoms. The van der Waals surface area contributed by atoms with Crippen molar-refractivity contribution in [3.05, 3.63) is 48.3 Å². The van der Waals surface area contributed by atoms with E-state index >= 15 is 0 Å². The van der Waals surface area contributed by atoms with Gasteiger partial charge in [0.05, 0.1) is 23.6 Å². The molecule has 3 N–H and O–H groups in total. The van der Waals surface area contributed by atoms with Gasteiger partial charge < -0.3 is 11.1 Å². The van der Waals surface area contributed by atoms with Gasteiger partial charge in [0.1, 0.15) is 5.82 Å². The number of amides is 1. The van der Waals surface area contributed by atoms with Crippen LogP contribution >= 0.6 is 0 Å². The Labute approximate surface area is 166 Å². The van der Waals surface area contributed by atoms with E-state index in [1.807, 2.05) is 16.9 Å². The maximum absolute atomic E-state index is 12.4. The summed E-state index contributed by atoms with van der Waals surface area (Å²) in [6.45, 7) is 4.92. The van der Waals surface area contributed by atoms with E-state index in [-0.39, 0.29) is 11.8 Å². The minimum atomic E-state index is 0.143. The molecule has 6 nitrogen and oxygen atoms in total. The van der Waals surface area contributed by atoms with Crippen molar-refractivity contribution in [2.45, 2.75) is 46.0 Å². The molecule has 0 saturated heterocycles. The zero-order chi connectivity index (χ0) is 19.9. The van der Waals surface area contributed by atoms with Gasteiger partial charge in [-0.15, -0.1) is 0 Å². The smallest absolute Gasteiger partial charge is 0.223 e. The lowest BCUT2D eigenvalue weighted by Gasteiger charge is -2.15. The van der Waals surface area contributed by atoms with Gasteiger partial charge in [0, 0.05) is 17.8 Å². The summed E-state index contributed by atoms with van der Waals surface area (Å²) in [7, 11) is 0. The molecule has 0 aliphatic carbocycles. The van der Waals surface area contributed by atoms with Crippen molar-refractivity contribution in [3.63, 3.8) is 0 Å². The van der Waals surface area contributed by atoms with Gasteiger partial charge in [0.15, 0.2) is 0 Å². The molecular formula is C22H29N5O. The van der Waals surface area contributed by atoms with Crippen LogP contribution in [0.1, 0.15) is 45.1 Å². The van der Waals surface area contributed by atoms with Gasteiger partial charge in [-0.05, 0) is 49.1 Å². The van der Waals surface area contributed by atoms with E-state index in [2.05, 4.69) is 47.4 Å². The predicted molar refractivity (Wildman–Crippen MR) is 113 cm³/mol. The number of rotatable bonds is 9. The summed E-state index contributed by atoms with van der Waals surface area (Å²) >= 11 is 0. The molecule has 0 spiro atoms. The molecule has 2 heterocycles. The second kappa shape index (κ2) is 9.35. The van der Waals surface area contributed by atoms with Crippen LogP contribution < -0.4 is 11.1 Å². The van der Waals surface area contributed by atoms with Gasteiger partial charge in [0.2, 0.25) is 5.91 Å². The summed E-state index contributed by atoms with van der Waals surface area (Å²) in [5.41, 5.74) is 8.74. The first kappa shape index (κ1) is 19.9. The highest BCUT2D eigenvalue weighted by atomic mass is 16.1. The molecular weight excluding hydrogens is 350 g/mol. The number of aromatic nitrogens is 3. The SMILES string of the molecule is CCCC(CCC)C(=O)NCCc1ccc2c(cnn2-c2ccc(N)nc2)c1. The van der Waals surface area contributed by atoms with Gasteiger partial charge in [-0.2, -0.15) is 5.10 Å². The van der Waals surface area contributed by atoms with Gasteiger partial charge in [0.25, 0.3) is 0 Å². The van der Waals surface area contributed by atoms with E-state index < -0.39 is 0 Å². The van der Waals surface area contributed by atoms with E-state index in [9.17, 15) is 4.79 Å². The summed E-state index contributed by atoms with van der Waals surface area (Å²) in [5.74, 6) is 0.822. The number of nitrogen functional groups attached to an aromatic ring is 1. The van der Waals surface area contributed by atoms with Gasteiger partial charge >= 0.3 is 0 Å². The van der Waals surface area contributed by atoms with Crippen molar-refractivity contribution in [3.8, 4) is 5.69 Å². The first-order valence-electron chi connectivity index (χ1n) is 10.1. The van der Waals surface area contributed by atoms with Gasteiger partial charge in [-0.1, -0.05) is 32.8 Å². The van der Waals surface area contributed by atoms with Crippen LogP contribution in [0.5, 0.6) is 0 Å². The van der Waals surface area contributed by atoms with E-state index in [1.54, 1.807) is 12.3 Å². The molecule has 148 valence electrons. The fraction of sp³-hybridized carbons (Fsp3) is 0.409. The first-order valence-corrected chi connectivity index (χ1v) is 10.1. The predicted octanol–water partition coefficient (Wildman–Crippen LogP) is 3.88. The maximum atomic E-state index is 12.4. The normalized spacial score (nSPS) is 11.2. The maximum Gasteiger partial charge on any atom is 0.223 e. The van der Waals surface area contributed by atoms with Gasteiger partial charge in [-0.25, -0.2) is 9.67 Å². The van der Waals surface area contributed by atoms with Crippen LogP contribution in [0.25, 0.3) is 16.6 Å². The number of anilines is 1. The molecule has 0 unspecified atom stereocenters. The van der Waals surface area contributed by atoms with Crippen molar-refractivity contribution >= 4 is 22.6 Å². The summed E-state index contributed by atoms with van der Waals surface area (Å²) in [6.07, 6.45) is 8.39. The van der Waals surface area contributed by atoms with E-state index in [4.69, 9.17) is 5.73 Å². The third-order valence-electron chi connectivity index (χ3n) is 5.01.